The molecule has 0 aliphatic carbocycles. The van der Waals surface area contributed by atoms with Crippen LogP contribution in [0.3, 0.4) is 0 Å². The van der Waals surface area contributed by atoms with Crippen LogP contribution >= 0.6 is 11.3 Å². The normalized spacial score (nSPS) is 11.0. The van der Waals surface area contributed by atoms with Crippen molar-refractivity contribution < 1.29 is 9.90 Å². The second-order valence-electron chi connectivity index (χ2n) is 4.84. The smallest absolute Gasteiger partial charge is 0.355 e. The van der Waals surface area contributed by atoms with Crippen molar-refractivity contribution in [3.05, 3.63) is 59.9 Å². The minimum absolute atomic E-state index is 0.0176. The third-order valence-corrected chi connectivity index (χ3v) is 4.24. The van der Waals surface area contributed by atoms with Crippen LogP contribution in [0.1, 0.15) is 10.5 Å². The SMILES string of the molecule is O=C(O)c1csc(-n2nc(-c3ccccc3)c3cnccc32)n1. The molecular formula is C16H10N4O2S. The fourth-order valence-corrected chi connectivity index (χ4v) is 3.14. The van der Waals surface area contributed by atoms with Gasteiger partial charge in [-0.1, -0.05) is 30.3 Å². The monoisotopic (exact) mass is 322 g/mol. The van der Waals surface area contributed by atoms with Gasteiger partial charge in [-0.15, -0.1) is 11.3 Å². The summed E-state index contributed by atoms with van der Waals surface area (Å²) in [7, 11) is 0. The van der Waals surface area contributed by atoms with Gasteiger partial charge in [0.1, 0.15) is 5.69 Å². The maximum Gasteiger partial charge on any atom is 0.355 e. The van der Waals surface area contributed by atoms with E-state index in [0.29, 0.717) is 5.13 Å². The molecular weight excluding hydrogens is 312 g/mol. The largest absolute Gasteiger partial charge is 0.476 e. The second kappa shape index (κ2) is 5.29. The number of hydrogen-bond acceptors (Lipinski definition) is 5. The Labute approximate surface area is 134 Å². The molecule has 0 saturated carbocycles. The third-order valence-electron chi connectivity index (χ3n) is 3.42. The van der Waals surface area contributed by atoms with Gasteiger partial charge < -0.3 is 5.11 Å². The van der Waals surface area contributed by atoms with E-state index in [-0.39, 0.29) is 5.69 Å². The molecule has 4 aromatic rings. The van der Waals surface area contributed by atoms with Crippen molar-refractivity contribution in [2.75, 3.05) is 0 Å². The van der Waals surface area contributed by atoms with Crippen LogP contribution in [0.4, 0.5) is 0 Å². The molecule has 0 aliphatic heterocycles. The van der Waals surface area contributed by atoms with Crippen LogP contribution in [-0.4, -0.2) is 30.8 Å². The van der Waals surface area contributed by atoms with Crippen molar-refractivity contribution in [3.63, 3.8) is 0 Å². The molecule has 0 atom stereocenters. The van der Waals surface area contributed by atoms with Crippen LogP contribution in [0.15, 0.2) is 54.2 Å². The van der Waals surface area contributed by atoms with E-state index in [4.69, 9.17) is 5.11 Å². The lowest BCUT2D eigenvalue weighted by molar-refractivity contribution is 0.0691. The van der Waals surface area contributed by atoms with Gasteiger partial charge in [-0.3, -0.25) is 4.98 Å². The van der Waals surface area contributed by atoms with E-state index in [0.717, 1.165) is 22.2 Å². The van der Waals surface area contributed by atoms with E-state index in [9.17, 15) is 4.79 Å². The summed E-state index contributed by atoms with van der Waals surface area (Å²) in [5.74, 6) is -1.05. The van der Waals surface area contributed by atoms with Crippen LogP contribution in [0.2, 0.25) is 0 Å². The minimum atomic E-state index is -1.05. The lowest BCUT2D eigenvalue weighted by atomic mass is 10.1. The summed E-state index contributed by atoms with van der Waals surface area (Å²) < 4.78 is 1.66. The minimum Gasteiger partial charge on any atom is -0.476 e. The van der Waals surface area contributed by atoms with E-state index >= 15 is 0 Å². The van der Waals surface area contributed by atoms with Gasteiger partial charge in [0.2, 0.25) is 5.13 Å². The standard InChI is InChI=1S/C16H10N4O2S/c21-15(22)12-9-23-16(18-12)20-13-6-7-17-8-11(13)14(19-20)10-4-2-1-3-5-10/h1-9H,(H,21,22). The molecule has 6 nitrogen and oxygen atoms in total. The summed E-state index contributed by atoms with van der Waals surface area (Å²) in [5.41, 5.74) is 2.62. The summed E-state index contributed by atoms with van der Waals surface area (Å²) in [6, 6.07) is 11.6. The molecule has 0 unspecified atom stereocenters. The Hall–Kier alpha value is -3.06. The summed E-state index contributed by atoms with van der Waals surface area (Å²) in [6.45, 7) is 0. The number of aromatic carboxylic acids is 1. The highest BCUT2D eigenvalue weighted by Crippen LogP contribution is 2.29. The van der Waals surface area contributed by atoms with Crippen LogP contribution < -0.4 is 0 Å². The Morgan fingerprint density at radius 3 is 2.74 bits per heavy atom. The first-order valence-electron chi connectivity index (χ1n) is 6.81. The summed E-state index contributed by atoms with van der Waals surface area (Å²) >= 11 is 1.24. The molecule has 0 spiro atoms. The molecule has 1 aromatic carbocycles. The van der Waals surface area contributed by atoms with Gasteiger partial charge in [0.15, 0.2) is 5.69 Å². The van der Waals surface area contributed by atoms with Gasteiger partial charge in [-0.05, 0) is 6.07 Å². The van der Waals surface area contributed by atoms with Crippen molar-refractivity contribution in [2.24, 2.45) is 0 Å². The predicted octanol–water partition coefficient (Wildman–Crippen LogP) is 3.24. The number of aromatic nitrogens is 4. The van der Waals surface area contributed by atoms with Crippen LogP contribution in [-0.2, 0) is 0 Å². The van der Waals surface area contributed by atoms with Gasteiger partial charge in [0.25, 0.3) is 0 Å². The molecule has 112 valence electrons. The number of benzene rings is 1. The molecule has 3 heterocycles. The Bertz CT molecular complexity index is 1010. The molecule has 3 aromatic heterocycles. The first-order chi connectivity index (χ1) is 11.2. The van der Waals surface area contributed by atoms with Gasteiger partial charge in [0.05, 0.1) is 5.52 Å². The molecule has 0 amide bonds. The third kappa shape index (κ3) is 2.27. The highest BCUT2D eigenvalue weighted by Gasteiger charge is 2.17. The maximum atomic E-state index is 11.0. The Morgan fingerprint density at radius 1 is 1.17 bits per heavy atom. The number of nitrogens with zero attached hydrogens (tertiary/aromatic N) is 4. The Kier molecular flexibility index (Phi) is 3.13. The number of carboxylic acid groups (broad SMARTS) is 1. The number of carboxylic acids is 1. The molecule has 1 N–H and O–H groups in total. The molecule has 0 bridgehead atoms. The highest BCUT2D eigenvalue weighted by atomic mass is 32.1. The summed E-state index contributed by atoms with van der Waals surface area (Å²) in [4.78, 5) is 19.4. The van der Waals surface area contributed by atoms with Crippen molar-refractivity contribution in [3.8, 4) is 16.4 Å². The molecule has 0 saturated heterocycles. The van der Waals surface area contributed by atoms with Crippen LogP contribution in [0.5, 0.6) is 0 Å². The zero-order valence-electron chi connectivity index (χ0n) is 11.7. The Balaban J connectivity index is 1.95. The second-order valence-corrected chi connectivity index (χ2v) is 5.68. The number of fused-ring (bicyclic) bond motifs is 1. The summed E-state index contributed by atoms with van der Waals surface area (Å²) in [6.07, 6.45) is 3.44. The average molecular weight is 322 g/mol. The number of rotatable bonds is 3. The lowest BCUT2D eigenvalue weighted by Gasteiger charge is -1.96. The molecule has 23 heavy (non-hydrogen) atoms. The van der Waals surface area contributed by atoms with Crippen LogP contribution in [0.25, 0.3) is 27.3 Å². The lowest BCUT2D eigenvalue weighted by Crippen LogP contribution is -2.00. The van der Waals surface area contributed by atoms with Gasteiger partial charge in [-0.2, -0.15) is 5.10 Å². The number of carbonyl (C=O) groups is 1. The van der Waals surface area contributed by atoms with Crippen molar-refractivity contribution in [1.82, 2.24) is 19.7 Å². The molecule has 7 heteroatoms. The molecule has 4 rings (SSSR count). The average Bonchev–Trinajstić information content (AvgIpc) is 3.20. The van der Waals surface area contributed by atoms with E-state index in [1.807, 2.05) is 36.4 Å². The van der Waals surface area contributed by atoms with E-state index in [1.54, 1.807) is 17.1 Å². The molecule has 0 radical (unpaired) electrons. The number of hydrogen-bond donors (Lipinski definition) is 1. The van der Waals surface area contributed by atoms with Gasteiger partial charge in [-0.25, -0.2) is 14.5 Å². The molecule has 0 fully saturated rings. The number of pyridine rings is 1. The van der Waals surface area contributed by atoms with E-state index in [2.05, 4.69) is 15.1 Å². The summed E-state index contributed by atoms with van der Waals surface area (Å²) in [5, 5.41) is 16.6. The van der Waals surface area contributed by atoms with Crippen molar-refractivity contribution >= 4 is 28.2 Å². The fourth-order valence-electron chi connectivity index (χ4n) is 2.38. The Morgan fingerprint density at radius 2 is 2.00 bits per heavy atom. The first kappa shape index (κ1) is 13.6. The fraction of sp³-hybridized carbons (Fsp3) is 0. The van der Waals surface area contributed by atoms with E-state index in [1.165, 1.54) is 16.7 Å². The van der Waals surface area contributed by atoms with E-state index < -0.39 is 5.97 Å². The topological polar surface area (TPSA) is 80.9 Å². The van der Waals surface area contributed by atoms with Gasteiger partial charge >= 0.3 is 5.97 Å². The quantitative estimate of drug-likeness (QED) is 0.626. The van der Waals surface area contributed by atoms with Crippen LogP contribution in [0, 0.1) is 0 Å². The van der Waals surface area contributed by atoms with Crippen molar-refractivity contribution in [2.45, 2.75) is 0 Å². The number of thiazole rings is 1. The van der Waals surface area contributed by atoms with Crippen molar-refractivity contribution in [1.29, 1.82) is 0 Å². The maximum absolute atomic E-state index is 11.0. The zero-order valence-corrected chi connectivity index (χ0v) is 12.6. The molecule has 0 aliphatic rings. The highest BCUT2D eigenvalue weighted by molar-refractivity contribution is 7.12. The van der Waals surface area contributed by atoms with Gasteiger partial charge in [0, 0.05) is 28.7 Å². The zero-order chi connectivity index (χ0) is 15.8. The first-order valence-corrected chi connectivity index (χ1v) is 7.69. The predicted molar refractivity (Wildman–Crippen MR) is 86.9 cm³/mol.